The molecule has 4 heterocycles. The highest BCUT2D eigenvalue weighted by atomic mass is 35.5. The maximum atomic E-state index is 13.4. The third kappa shape index (κ3) is 4.21. The molecule has 0 N–H and O–H groups in total. The van der Waals surface area contributed by atoms with Gasteiger partial charge in [-0.2, -0.15) is 0 Å². The van der Waals surface area contributed by atoms with E-state index in [0.29, 0.717) is 23.9 Å². The lowest BCUT2D eigenvalue weighted by Crippen LogP contribution is -2.56. The van der Waals surface area contributed by atoms with Crippen molar-refractivity contribution in [3.63, 3.8) is 0 Å². The summed E-state index contributed by atoms with van der Waals surface area (Å²) in [6.45, 7) is 5.11. The third-order valence-electron chi connectivity index (χ3n) is 7.11. The summed E-state index contributed by atoms with van der Waals surface area (Å²) in [6.07, 6.45) is 2.26. The van der Waals surface area contributed by atoms with Crippen LogP contribution in [0.1, 0.15) is 40.9 Å². The first-order valence-electron chi connectivity index (χ1n) is 12.3. The van der Waals surface area contributed by atoms with Crippen molar-refractivity contribution in [2.45, 2.75) is 32.4 Å². The van der Waals surface area contributed by atoms with Crippen LogP contribution >= 0.6 is 11.6 Å². The van der Waals surface area contributed by atoms with Gasteiger partial charge in [-0.3, -0.25) is 14.4 Å². The van der Waals surface area contributed by atoms with Gasteiger partial charge in [0.1, 0.15) is 23.7 Å². The van der Waals surface area contributed by atoms with Crippen molar-refractivity contribution < 1.29 is 9.53 Å². The van der Waals surface area contributed by atoms with E-state index in [0.717, 1.165) is 39.8 Å². The van der Waals surface area contributed by atoms with Crippen LogP contribution in [0.2, 0.25) is 5.02 Å². The number of aryl methyl sites for hydroxylation is 2. The number of carbonyl (C=O) groups is 1. The first-order valence-corrected chi connectivity index (χ1v) is 12.7. The van der Waals surface area contributed by atoms with Gasteiger partial charge in [-0.1, -0.05) is 41.9 Å². The molecule has 0 saturated carbocycles. The first kappa shape index (κ1) is 23.5. The summed E-state index contributed by atoms with van der Waals surface area (Å²) < 4.78 is 10.1. The molecule has 8 nitrogen and oxygen atoms in total. The molecular weight excluding hydrogens is 488 g/mol. The topological polar surface area (TPSA) is 77.5 Å². The van der Waals surface area contributed by atoms with Crippen LogP contribution in [0.3, 0.4) is 0 Å². The van der Waals surface area contributed by atoms with Gasteiger partial charge in [0.25, 0.3) is 0 Å². The fraction of sp³-hybridized carbons (Fsp3) is 0.286. The molecule has 0 bridgehead atoms. The van der Waals surface area contributed by atoms with Crippen molar-refractivity contribution in [1.29, 1.82) is 0 Å². The minimum Gasteiger partial charge on any atom is -0.487 e. The number of para-hydroxylation sites is 1. The Hall–Kier alpha value is -3.91. The van der Waals surface area contributed by atoms with Crippen LogP contribution in [0, 0.1) is 13.8 Å². The zero-order chi connectivity index (χ0) is 25.7. The molecule has 188 valence electrons. The summed E-state index contributed by atoms with van der Waals surface area (Å²) in [5.74, 6) is 2.26. The lowest BCUT2D eigenvalue weighted by atomic mass is 10.0. The molecule has 9 heteroatoms. The highest BCUT2D eigenvalue weighted by molar-refractivity contribution is 6.30. The zero-order valence-electron chi connectivity index (χ0n) is 20.9. The smallest absolute Gasteiger partial charge is 0.225 e. The Balaban J connectivity index is 1.32. The van der Waals surface area contributed by atoms with E-state index in [1.807, 2.05) is 78.0 Å². The van der Waals surface area contributed by atoms with E-state index in [4.69, 9.17) is 21.3 Å². The normalized spacial score (nSPS) is 16.9. The Kier molecular flexibility index (Phi) is 5.83. The van der Waals surface area contributed by atoms with E-state index >= 15 is 0 Å². The van der Waals surface area contributed by atoms with Crippen LogP contribution in [0.25, 0.3) is 5.69 Å². The van der Waals surface area contributed by atoms with Gasteiger partial charge < -0.3 is 14.2 Å². The Morgan fingerprint density at radius 1 is 1.05 bits per heavy atom. The van der Waals surface area contributed by atoms with Crippen LogP contribution < -0.4 is 4.74 Å². The van der Waals surface area contributed by atoms with Gasteiger partial charge in [0.15, 0.2) is 5.82 Å². The summed E-state index contributed by atoms with van der Waals surface area (Å²) in [6, 6.07) is 16.9. The third-order valence-corrected chi connectivity index (χ3v) is 7.36. The summed E-state index contributed by atoms with van der Waals surface area (Å²) in [5.41, 5.74) is 4.79. The van der Waals surface area contributed by atoms with Gasteiger partial charge in [-0.05, 0) is 38.1 Å². The van der Waals surface area contributed by atoms with Crippen molar-refractivity contribution in [3.8, 4) is 11.4 Å². The largest absolute Gasteiger partial charge is 0.487 e. The quantitative estimate of drug-likeness (QED) is 0.394. The highest BCUT2D eigenvalue weighted by Crippen LogP contribution is 2.35. The number of halogens is 1. The van der Waals surface area contributed by atoms with Crippen LogP contribution in [0.15, 0.2) is 65.8 Å². The molecule has 0 unspecified atom stereocenters. The highest BCUT2D eigenvalue weighted by Gasteiger charge is 2.36. The number of benzene rings is 2. The Morgan fingerprint density at radius 2 is 1.78 bits per heavy atom. The Bertz CT molecular complexity index is 1500. The molecule has 4 aromatic rings. The second kappa shape index (κ2) is 9.19. The number of rotatable bonds is 5. The molecule has 1 amide bonds. The molecule has 0 aliphatic carbocycles. The van der Waals surface area contributed by atoms with Crippen LogP contribution in [-0.4, -0.2) is 55.0 Å². The standard InChI is InChI=1S/C28H27ClN6O2/c1-17-26-24(16-33(17)3)35-18(2)31-32-28(35)23(30-27(26)19-9-11-20(29)12-10-19)13-25(36)34-14-22(15-34)37-21-7-5-4-6-8-21/h4-12,16,22-23H,13-15H2,1-3H3/t23-/m0/s1. The van der Waals surface area contributed by atoms with Gasteiger partial charge >= 0.3 is 0 Å². The zero-order valence-corrected chi connectivity index (χ0v) is 21.7. The van der Waals surface area contributed by atoms with Crippen LogP contribution in [0.4, 0.5) is 0 Å². The average Bonchev–Trinajstić information content (AvgIpc) is 3.34. The molecule has 1 fully saturated rings. The Labute approximate surface area is 220 Å². The monoisotopic (exact) mass is 514 g/mol. The van der Waals surface area contributed by atoms with E-state index in [1.165, 1.54) is 0 Å². The summed E-state index contributed by atoms with van der Waals surface area (Å²) in [5, 5.41) is 9.50. The molecule has 2 aliphatic rings. The predicted octanol–water partition coefficient (Wildman–Crippen LogP) is 4.45. The molecule has 37 heavy (non-hydrogen) atoms. The minimum absolute atomic E-state index is 0.00707. The number of carbonyl (C=O) groups excluding carboxylic acids is 1. The lowest BCUT2D eigenvalue weighted by Gasteiger charge is -2.39. The number of aliphatic imine (C=N–C) groups is 1. The maximum absolute atomic E-state index is 13.4. The average molecular weight is 515 g/mol. The van der Waals surface area contributed by atoms with E-state index in [2.05, 4.69) is 27.9 Å². The van der Waals surface area contributed by atoms with Crippen molar-refractivity contribution in [3.05, 3.63) is 94.3 Å². The van der Waals surface area contributed by atoms with E-state index < -0.39 is 6.04 Å². The summed E-state index contributed by atoms with van der Waals surface area (Å²) >= 11 is 6.19. The van der Waals surface area contributed by atoms with Crippen molar-refractivity contribution in [2.24, 2.45) is 12.0 Å². The van der Waals surface area contributed by atoms with Gasteiger partial charge in [0, 0.05) is 35.1 Å². The number of nitrogens with zero attached hydrogens (tertiary/aromatic N) is 6. The fourth-order valence-corrected chi connectivity index (χ4v) is 5.13. The predicted molar refractivity (Wildman–Crippen MR) is 142 cm³/mol. The molecule has 0 spiro atoms. The molecule has 2 aliphatic heterocycles. The van der Waals surface area contributed by atoms with Crippen LogP contribution in [0.5, 0.6) is 5.75 Å². The second-order valence-electron chi connectivity index (χ2n) is 9.58. The number of likely N-dealkylation sites (tertiary alicyclic amines) is 1. The van der Waals surface area contributed by atoms with Gasteiger partial charge in [0.2, 0.25) is 5.91 Å². The molecular formula is C28H27ClN6O2. The van der Waals surface area contributed by atoms with Crippen LogP contribution in [-0.2, 0) is 11.8 Å². The number of hydrogen-bond acceptors (Lipinski definition) is 5. The van der Waals surface area contributed by atoms with E-state index in [9.17, 15) is 4.79 Å². The molecule has 2 aromatic carbocycles. The number of fused-ring (bicyclic) bond motifs is 3. The van der Waals surface area contributed by atoms with E-state index in [-0.39, 0.29) is 18.4 Å². The second-order valence-corrected chi connectivity index (χ2v) is 10.0. The number of ether oxygens (including phenoxy) is 1. The summed E-state index contributed by atoms with van der Waals surface area (Å²) in [7, 11) is 2.02. The molecule has 2 aromatic heterocycles. The molecule has 6 rings (SSSR count). The number of aromatic nitrogens is 4. The van der Waals surface area contributed by atoms with E-state index in [1.54, 1.807) is 0 Å². The molecule has 0 radical (unpaired) electrons. The minimum atomic E-state index is -0.481. The van der Waals surface area contributed by atoms with Crippen molar-refractivity contribution in [1.82, 2.24) is 24.2 Å². The lowest BCUT2D eigenvalue weighted by molar-refractivity contribution is -0.140. The number of hydrogen-bond donors (Lipinski definition) is 0. The van der Waals surface area contributed by atoms with Gasteiger partial charge in [-0.15, -0.1) is 10.2 Å². The first-order chi connectivity index (χ1) is 17.9. The molecule has 1 atom stereocenters. The van der Waals surface area contributed by atoms with Crippen molar-refractivity contribution in [2.75, 3.05) is 13.1 Å². The molecule has 1 saturated heterocycles. The number of amides is 1. The van der Waals surface area contributed by atoms with Gasteiger partial charge in [-0.25, -0.2) is 0 Å². The Morgan fingerprint density at radius 3 is 2.51 bits per heavy atom. The SMILES string of the molecule is Cc1c2c(cn1C)-n1c(C)nnc1[C@H](CC(=O)N1CC(Oc3ccccc3)C1)N=C2c1ccc(Cl)cc1. The van der Waals surface area contributed by atoms with Crippen molar-refractivity contribution >= 4 is 23.2 Å². The fourth-order valence-electron chi connectivity index (χ4n) is 5.00. The summed E-state index contributed by atoms with van der Waals surface area (Å²) in [4.78, 5) is 20.4. The maximum Gasteiger partial charge on any atom is 0.225 e. The van der Waals surface area contributed by atoms with Gasteiger partial charge in [0.05, 0.1) is 30.9 Å².